The Kier molecular flexibility index (Phi) is 7.99. The summed E-state index contributed by atoms with van der Waals surface area (Å²) in [4.78, 5) is 23.5. The SMILES string of the molecule is COc1ccccc1N1CCN(C(=O)N2CCc3sc(OCCCN4CCCCC4)cc3C2)CC1. The summed E-state index contributed by atoms with van der Waals surface area (Å²) >= 11 is 1.77. The molecule has 3 aliphatic rings. The van der Waals surface area contributed by atoms with Crippen molar-refractivity contribution < 1.29 is 14.3 Å². The Labute approximate surface area is 213 Å². The van der Waals surface area contributed by atoms with Crippen LogP contribution in [0.4, 0.5) is 10.5 Å². The van der Waals surface area contributed by atoms with Gasteiger partial charge in [0.2, 0.25) is 0 Å². The maximum absolute atomic E-state index is 13.3. The van der Waals surface area contributed by atoms with Crippen LogP contribution in [0.5, 0.6) is 10.8 Å². The second-order valence-electron chi connectivity index (χ2n) is 9.72. The van der Waals surface area contributed by atoms with E-state index >= 15 is 0 Å². The molecule has 3 aliphatic heterocycles. The number of nitrogens with zero attached hydrogens (tertiary/aromatic N) is 4. The summed E-state index contributed by atoms with van der Waals surface area (Å²) in [6.07, 6.45) is 6.06. The number of rotatable bonds is 7. The van der Waals surface area contributed by atoms with E-state index in [-0.39, 0.29) is 6.03 Å². The van der Waals surface area contributed by atoms with E-state index in [1.165, 1.54) is 42.8 Å². The van der Waals surface area contributed by atoms with E-state index in [9.17, 15) is 4.79 Å². The van der Waals surface area contributed by atoms with Gasteiger partial charge in [-0.1, -0.05) is 18.6 Å². The maximum atomic E-state index is 13.3. The van der Waals surface area contributed by atoms with Crippen molar-refractivity contribution in [3.63, 3.8) is 0 Å². The van der Waals surface area contributed by atoms with Gasteiger partial charge in [-0.3, -0.25) is 0 Å². The normalized spacial score (nSPS) is 18.9. The van der Waals surface area contributed by atoms with Crippen LogP contribution >= 0.6 is 11.3 Å². The van der Waals surface area contributed by atoms with Crippen LogP contribution in [0.3, 0.4) is 0 Å². The van der Waals surface area contributed by atoms with Crippen LogP contribution in [0.25, 0.3) is 0 Å². The lowest BCUT2D eigenvalue weighted by Gasteiger charge is -2.39. The number of piperazine rings is 1. The Hall–Kier alpha value is -2.45. The lowest BCUT2D eigenvalue weighted by molar-refractivity contribution is 0.145. The van der Waals surface area contributed by atoms with Crippen molar-refractivity contribution in [3.05, 3.63) is 40.8 Å². The van der Waals surface area contributed by atoms with Gasteiger partial charge in [-0.05, 0) is 62.5 Å². The average molecular weight is 499 g/mol. The Balaban J connectivity index is 1.09. The molecular formula is C27H38N4O3S. The molecule has 2 saturated heterocycles. The highest BCUT2D eigenvalue weighted by Crippen LogP contribution is 2.34. The van der Waals surface area contributed by atoms with E-state index in [2.05, 4.69) is 21.9 Å². The molecule has 5 rings (SSSR count). The Morgan fingerprint density at radius 2 is 1.77 bits per heavy atom. The van der Waals surface area contributed by atoms with Crippen molar-refractivity contribution >= 4 is 23.1 Å². The minimum Gasteiger partial charge on any atom is -0.495 e. The van der Waals surface area contributed by atoms with Gasteiger partial charge in [-0.15, -0.1) is 11.3 Å². The quantitative estimate of drug-likeness (QED) is 0.533. The van der Waals surface area contributed by atoms with Gasteiger partial charge >= 0.3 is 6.03 Å². The van der Waals surface area contributed by atoms with Crippen LogP contribution in [-0.2, 0) is 13.0 Å². The van der Waals surface area contributed by atoms with E-state index in [0.29, 0.717) is 6.54 Å². The number of para-hydroxylation sites is 2. The molecule has 2 amide bonds. The average Bonchev–Trinajstić information content (AvgIpc) is 3.33. The maximum Gasteiger partial charge on any atom is 0.320 e. The van der Waals surface area contributed by atoms with Gasteiger partial charge in [0.15, 0.2) is 5.06 Å². The molecule has 0 saturated carbocycles. The molecule has 2 fully saturated rings. The van der Waals surface area contributed by atoms with Crippen LogP contribution in [0, 0.1) is 0 Å². The molecule has 7 nitrogen and oxygen atoms in total. The van der Waals surface area contributed by atoms with E-state index in [4.69, 9.17) is 9.47 Å². The minimum absolute atomic E-state index is 0.158. The zero-order valence-electron chi connectivity index (χ0n) is 20.9. The summed E-state index contributed by atoms with van der Waals surface area (Å²) in [5, 5.41) is 1.01. The smallest absolute Gasteiger partial charge is 0.320 e. The largest absolute Gasteiger partial charge is 0.495 e. The van der Waals surface area contributed by atoms with E-state index < -0.39 is 0 Å². The molecule has 8 heteroatoms. The Morgan fingerprint density at radius 1 is 0.971 bits per heavy atom. The summed E-state index contributed by atoms with van der Waals surface area (Å²) in [6, 6.07) is 10.4. The number of hydrogen-bond acceptors (Lipinski definition) is 6. The third-order valence-corrected chi connectivity index (χ3v) is 8.55. The van der Waals surface area contributed by atoms with Gasteiger partial charge in [0.1, 0.15) is 5.75 Å². The summed E-state index contributed by atoms with van der Waals surface area (Å²) in [6.45, 7) is 8.97. The zero-order valence-corrected chi connectivity index (χ0v) is 21.7. The summed E-state index contributed by atoms with van der Waals surface area (Å²) < 4.78 is 11.6. The first-order chi connectivity index (χ1) is 17.2. The lowest BCUT2D eigenvalue weighted by atomic mass is 10.1. The first kappa shape index (κ1) is 24.3. The fourth-order valence-electron chi connectivity index (χ4n) is 5.41. The molecule has 190 valence electrons. The summed E-state index contributed by atoms with van der Waals surface area (Å²) in [5.41, 5.74) is 2.36. The topological polar surface area (TPSA) is 48.5 Å². The van der Waals surface area contributed by atoms with Crippen molar-refractivity contribution in [2.24, 2.45) is 0 Å². The highest BCUT2D eigenvalue weighted by Gasteiger charge is 2.29. The lowest BCUT2D eigenvalue weighted by Crippen LogP contribution is -2.53. The number of carbonyl (C=O) groups excluding carboxylic acids is 1. The number of urea groups is 1. The van der Waals surface area contributed by atoms with Crippen LogP contribution in [-0.4, -0.2) is 86.8 Å². The van der Waals surface area contributed by atoms with Gasteiger partial charge < -0.3 is 29.1 Å². The molecule has 0 bridgehead atoms. The van der Waals surface area contributed by atoms with Gasteiger partial charge in [0.25, 0.3) is 0 Å². The van der Waals surface area contributed by atoms with Crippen molar-refractivity contribution in [3.8, 4) is 10.8 Å². The van der Waals surface area contributed by atoms with E-state index in [1.807, 2.05) is 28.0 Å². The van der Waals surface area contributed by atoms with Gasteiger partial charge in [0, 0.05) is 50.7 Å². The van der Waals surface area contributed by atoms with Crippen molar-refractivity contribution in [2.45, 2.75) is 38.6 Å². The molecule has 0 N–H and O–H groups in total. The fraction of sp³-hybridized carbons (Fsp3) is 0.593. The van der Waals surface area contributed by atoms with Crippen molar-refractivity contribution in [2.75, 3.05) is 71.0 Å². The van der Waals surface area contributed by atoms with E-state index in [0.717, 1.165) is 75.2 Å². The second-order valence-corrected chi connectivity index (χ2v) is 10.8. The number of likely N-dealkylation sites (tertiary alicyclic amines) is 1. The molecule has 0 unspecified atom stereocenters. The minimum atomic E-state index is 0.158. The highest BCUT2D eigenvalue weighted by atomic mass is 32.1. The first-order valence-electron chi connectivity index (χ1n) is 13.1. The molecule has 0 spiro atoms. The van der Waals surface area contributed by atoms with Crippen molar-refractivity contribution in [1.82, 2.24) is 14.7 Å². The zero-order chi connectivity index (χ0) is 24.0. The van der Waals surface area contributed by atoms with Crippen LogP contribution in [0.1, 0.15) is 36.1 Å². The van der Waals surface area contributed by atoms with E-state index in [1.54, 1.807) is 18.4 Å². The molecule has 1 aromatic carbocycles. The highest BCUT2D eigenvalue weighted by molar-refractivity contribution is 7.14. The predicted molar refractivity (Wildman–Crippen MR) is 141 cm³/mol. The predicted octanol–water partition coefficient (Wildman–Crippen LogP) is 4.31. The number of anilines is 1. The molecule has 1 aromatic heterocycles. The number of thiophene rings is 1. The molecular weight excluding hydrogens is 460 g/mol. The number of hydrogen-bond donors (Lipinski definition) is 0. The van der Waals surface area contributed by atoms with Gasteiger partial charge in [-0.2, -0.15) is 0 Å². The van der Waals surface area contributed by atoms with Crippen LogP contribution in [0.2, 0.25) is 0 Å². The van der Waals surface area contributed by atoms with Gasteiger partial charge in [-0.25, -0.2) is 4.79 Å². The van der Waals surface area contributed by atoms with Crippen LogP contribution in [0.15, 0.2) is 30.3 Å². The number of ether oxygens (including phenoxy) is 2. The standard InChI is InChI=1S/C27H38N4O3S/c1-33-24-9-4-3-8-23(24)29-15-17-30(18-16-29)27(32)31-14-10-25-22(21-31)20-26(35-25)34-19-7-13-28-11-5-2-6-12-28/h3-4,8-9,20H,2,5-7,10-19,21H2,1H3. The number of benzene rings is 1. The molecule has 0 radical (unpaired) electrons. The number of piperidine rings is 1. The van der Waals surface area contributed by atoms with Crippen LogP contribution < -0.4 is 14.4 Å². The fourth-order valence-corrected chi connectivity index (χ4v) is 6.45. The number of fused-ring (bicyclic) bond motifs is 1. The Morgan fingerprint density at radius 3 is 2.57 bits per heavy atom. The third-order valence-electron chi connectivity index (χ3n) is 7.40. The Bertz CT molecular complexity index is 983. The number of methoxy groups -OCH3 is 1. The summed E-state index contributed by atoms with van der Waals surface area (Å²) in [7, 11) is 1.71. The summed E-state index contributed by atoms with van der Waals surface area (Å²) in [5.74, 6) is 0.887. The molecule has 0 aliphatic carbocycles. The number of carbonyl (C=O) groups is 1. The third kappa shape index (κ3) is 5.86. The molecule has 4 heterocycles. The monoisotopic (exact) mass is 498 g/mol. The van der Waals surface area contributed by atoms with Gasteiger partial charge in [0.05, 0.1) is 19.4 Å². The molecule has 2 aromatic rings. The molecule has 0 atom stereocenters. The second kappa shape index (κ2) is 11.5. The molecule has 35 heavy (non-hydrogen) atoms. The van der Waals surface area contributed by atoms with Crippen molar-refractivity contribution in [1.29, 1.82) is 0 Å². The first-order valence-corrected chi connectivity index (χ1v) is 13.9. The number of amides is 2.